The second-order valence-corrected chi connectivity index (χ2v) is 8.77. The normalized spacial score (nSPS) is 54.0. The maximum atomic E-state index is 11.0. The van der Waals surface area contributed by atoms with E-state index in [1.54, 1.807) is 6.92 Å². The van der Waals surface area contributed by atoms with Crippen molar-refractivity contribution in [1.82, 2.24) is 0 Å². The van der Waals surface area contributed by atoms with Gasteiger partial charge in [-0.1, -0.05) is 0 Å². The Kier molecular flexibility index (Phi) is 8.24. The molecule has 2 heterocycles. The molecule has 0 aromatic heterocycles. The molecule has 0 spiro atoms. The average molecular weight is 452 g/mol. The first kappa shape index (κ1) is 25.1. The van der Waals surface area contributed by atoms with Crippen LogP contribution < -0.4 is 28.7 Å². The van der Waals surface area contributed by atoms with E-state index >= 15 is 0 Å². The fraction of sp³-hybridized carbons (Fsp3) is 1.00. The van der Waals surface area contributed by atoms with E-state index in [0.717, 1.165) is 0 Å². The van der Waals surface area contributed by atoms with Gasteiger partial charge >= 0.3 is 0 Å². The molecule has 182 valence electrons. The Morgan fingerprint density at radius 3 is 1.94 bits per heavy atom. The molecule has 1 saturated carbocycles. The van der Waals surface area contributed by atoms with E-state index in [2.05, 4.69) is 0 Å². The summed E-state index contributed by atoms with van der Waals surface area (Å²) in [5.41, 5.74) is 29.8. The molecule has 2 aliphatic heterocycles. The minimum Gasteiger partial charge on any atom is -0.390 e. The van der Waals surface area contributed by atoms with Gasteiger partial charge in [0.15, 0.2) is 12.6 Å². The molecule has 13 heteroatoms. The van der Waals surface area contributed by atoms with Crippen LogP contribution in [0.4, 0.5) is 0 Å². The quantitative estimate of drug-likeness (QED) is 0.190. The van der Waals surface area contributed by atoms with E-state index in [9.17, 15) is 20.4 Å². The van der Waals surface area contributed by atoms with Gasteiger partial charge in [0, 0.05) is 18.6 Å². The summed E-state index contributed by atoms with van der Waals surface area (Å²) in [5.74, 6) is 0. The minimum atomic E-state index is -1.33. The fourth-order valence-electron chi connectivity index (χ4n) is 4.38. The molecular weight excluding hydrogens is 414 g/mol. The van der Waals surface area contributed by atoms with Crippen LogP contribution in [-0.2, 0) is 18.9 Å². The third-order valence-corrected chi connectivity index (χ3v) is 6.37. The van der Waals surface area contributed by atoms with Crippen LogP contribution in [0, 0.1) is 0 Å². The van der Waals surface area contributed by atoms with Crippen molar-refractivity contribution < 1.29 is 39.4 Å². The van der Waals surface area contributed by atoms with Crippen molar-refractivity contribution in [3.05, 3.63) is 0 Å². The highest BCUT2D eigenvalue weighted by Crippen LogP contribution is 2.30. The first-order chi connectivity index (χ1) is 14.5. The summed E-state index contributed by atoms with van der Waals surface area (Å²) in [6.07, 6.45) is -9.53. The Labute approximate surface area is 180 Å². The van der Waals surface area contributed by atoms with E-state index in [1.807, 2.05) is 0 Å². The number of aliphatic hydroxyl groups excluding tert-OH is 4. The molecule has 0 amide bonds. The standard InChI is InChI=1S/C18H37N5O8/c1-5-12(25)11(23)13(26)18(28-5)31-16-7(21)2-6(20)15(14(16)27)30-17-8(22)3-9(24)10(4-19)29-17/h5-18,24-27H,2-4,19-23H2,1H3/t5-,6+,7-,8-,9+,10-,11+,12-,13-,14+,15-,16?,17-,18-/m1/s1. The highest BCUT2D eigenvalue weighted by molar-refractivity contribution is 5.00. The molecule has 2 saturated heterocycles. The number of hydrogen-bond donors (Lipinski definition) is 9. The maximum Gasteiger partial charge on any atom is 0.186 e. The van der Waals surface area contributed by atoms with Crippen LogP contribution in [-0.4, -0.2) is 113 Å². The molecule has 3 rings (SSSR count). The lowest BCUT2D eigenvalue weighted by molar-refractivity contribution is -0.310. The van der Waals surface area contributed by atoms with Crippen LogP contribution in [0.3, 0.4) is 0 Å². The summed E-state index contributed by atoms with van der Waals surface area (Å²) in [4.78, 5) is 0. The first-order valence-electron chi connectivity index (χ1n) is 10.6. The zero-order chi connectivity index (χ0) is 23.0. The van der Waals surface area contributed by atoms with Crippen LogP contribution in [0.5, 0.6) is 0 Å². The predicted molar refractivity (Wildman–Crippen MR) is 107 cm³/mol. The molecule has 3 aliphatic rings. The fourth-order valence-corrected chi connectivity index (χ4v) is 4.38. The maximum absolute atomic E-state index is 11.0. The van der Waals surface area contributed by atoms with Gasteiger partial charge in [0.1, 0.15) is 24.4 Å². The molecule has 0 radical (unpaired) electrons. The molecule has 14 atom stereocenters. The first-order valence-corrected chi connectivity index (χ1v) is 10.6. The Morgan fingerprint density at radius 2 is 1.35 bits per heavy atom. The molecule has 3 fully saturated rings. The molecule has 14 N–H and O–H groups in total. The number of rotatable bonds is 5. The number of aliphatic hydroxyl groups is 4. The van der Waals surface area contributed by atoms with Crippen LogP contribution >= 0.6 is 0 Å². The summed E-state index contributed by atoms with van der Waals surface area (Å²) < 4.78 is 22.9. The van der Waals surface area contributed by atoms with Crippen LogP contribution in [0.15, 0.2) is 0 Å². The predicted octanol–water partition coefficient (Wildman–Crippen LogP) is -5.27. The van der Waals surface area contributed by atoms with Gasteiger partial charge in [0.25, 0.3) is 0 Å². The lowest BCUT2D eigenvalue weighted by atomic mass is 9.84. The van der Waals surface area contributed by atoms with Crippen molar-refractivity contribution in [3.63, 3.8) is 0 Å². The van der Waals surface area contributed by atoms with Crippen molar-refractivity contribution in [2.24, 2.45) is 28.7 Å². The van der Waals surface area contributed by atoms with Crippen molar-refractivity contribution in [3.8, 4) is 0 Å². The Morgan fingerprint density at radius 1 is 0.774 bits per heavy atom. The Bertz CT molecular complexity index is 593. The second-order valence-electron chi connectivity index (χ2n) is 8.77. The van der Waals surface area contributed by atoms with Gasteiger partial charge in [-0.25, -0.2) is 0 Å². The third-order valence-electron chi connectivity index (χ3n) is 6.37. The van der Waals surface area contributed by atoms with Crippen molar-refractivity contribution in [2.75, 3.05) is 6.54 Å². The van der Waals surface area contributed by atoms with Gasteiger partial charge in [-0.3, -0.25) is 0 Å². The van der Waals surface area contributed by atoms with Gasteiger partial charge in [-0.15, -0.1) is 0 Å². The summed E-state index contributed by atoms with van der Waals surface area (Å²) >= 11 is 0. The minimum absolute atomic E-state index is 0.0742. The molecule has 0 bridgehead atoms. The number of hydrogen-bond acceptors (Lipinski definition) is 13. The van der Waals surface area contributed by atoms with Crippen molar-refractivity contribution in [2.45, 2.75) is 105 Å². The van der Waals surface area contributed by atoms with E-state index < -0.39 is 85.6 Å². The summed E-state index contributed by atoms with van der Waals surface area (Å²) in [6.45, 7) is 1.67. The third kappa shape index (κ3) is 5.19. The monoisotopic (exact) mass is 451 g/mol. The Balaban J connectivity index is 1.69. The topological polar surface area (TPSA) is 248 Å². The van der Waals surface area contributed by atoms with E-state index in [-0.39, 0.29) is 19.4 Å². The van der Waals surface area contributed by atoms with E-state index in [4.69, 9.17) is 47.6 Å². The summed E-state index contributed by atoms with van der Waals surface area (Å²) in [5, 5.41) is 41.3. The van der Waals surface area contributed by atoms with Gasteiger partial charge in [-0.05, 0) is 19.8 Å². The zero-order valence-corrected chi connectivity index (χ0v) is 17.5. The lowest BCUT2D eigenvalue weighted by Gasteiger charge is -2.47. The molecule has 0 aromatic carbocycles. The van der Waals surface area contributed by atoms with Gasteiger partial charge < -0.3 is 68.0 Å². The zero-order valence-electron chi connectivity index (χ0n) is 17.5. The molecule has 1 aliphatic carbocycles. The smallest absolute Gasteiger partial charge is 0.186 e. The number of nitrogens with two attached hydrogens (primary N) is 5. The SMILES string of the molecule is C[C@H]1O[C@H](OC2[C@H](N)C[C@H](N)[C@@H](O[C@H]3O[C@H](CN)[C@@H](O)C[C@H]3N)[C@@H]2O)[C@H](O)[C@@H](N)[C@@H]1O. The largest absolute Gasteiger partial charge is 0.390 e. The van der Waals surface area contributed by atoms with Crippen molar-refractivity contribution >= 4 is 0 Å². The van der Waals surface area contributed by atoms with Crippen LogP contribution in [0.25, 0.3) is 0 Å². The van der Waals surface area contributed by atoms with Crippen LogP contribution in [0.2, 0.25) is 0 Å². The lowest BCUT2D eigenvalue weighted by Crippen LogP contribution is -2.67. The highest BCUT2D eigenvalue weighted by atomic mass is 16.7. The van der Waals surface area contributed by atoms with Crippen LogP contribution in [0.1, 0.15) is 19.8 Å². The van der Waals surface area contributed by atoms with Crippen molar-refractivity contribution in [1.29, 1.82) is 0 Å². The van der Waals surface area contributed by atoms with E-state index in [0.29, 0.717) is 0 Å². The summed E-state index contributed by atoms with van der Waals surface area (Å²) in [7, 11) is 0. The molecule has 13 nitrogen and oxygen atoms in total. The Hall–Kier alpha value is -0.520. The van der Waals surface area contributed by atoms with Gasteiger partial charge in [0.05, 0.1) is 36.5 Å². The molecule has 1 unspecified atom stereocenters. The molecule has 31 heavy (non-hydrogen) atoms. The average Bonchev–Trinajstić information content (AvgIpc) is 2.71. The summed E-state index contributed by atoms with van der Waals surface area (Å²) in [6, 6.07) is -2.98. The molecular formula is C18H37N5O8. The molecule has 0 aromatic rings. The second kappa shape index (κ2) is 10.2. The van der Waals surface area contributed by atoms with Gasteiger partial charge in [-0.2, -0.15) is 0 Å². The number of ether oxygens (including phenoxy) is 4. The van der Waals surface area contributed by atoms with Gasteiger partial charge in [0.2, 0.25) is 0 Å². The van der Waals surface area contributed by atoms with E-state index in [1.165, 1.54) is 0 Å². The highest BCUT2D eigenvalue weighted by Gasteiger charge is 2.49.